The summed E-state index contributed by atoms with van der Waals surface area (Å²) in [6, 6.07) is 0. The molecule has 2 atom stereocenters. The third kappa shape index (κ3) is 10.1. The Labute approximate surface area is 99.1 Å². The molecule has 0 aliphatic heterocycles. The number of allylic oxidation sites excluding steroid dienone is 2. The first-order valence-corrected chi connectivity index (χ1v) is 6.17. The lowest BCUT2D eigenvalue weighted by atomic mass is 10.1. The van der Waals surface area contributed by atoms with Crippen molar-refractivity contribution < 1.29 is 14.9 Å². The van der Waals surface area contributed by atoms with Gasteiger partial charge in [-0.1, -0.05) is 12.2 Å². The number of aliphatic hydroxyl groups excluding tert-OH is 2. The molecule has 0 amide bonds. The van der Waals surface area contributed by atoms with Crippen LogP contribution in [0.3, 0.4) is 0 Å². The Balaban J connectivity index is 3.38. The molecule has 16 heavy (non-hydrogen) atoms. The van der Waals surface area contributed by atoms with Crippen LogP contribution in [0.4, 0.5) is 0 Å². The van der Waals surface area contributed by atoms with Crippen molar-refractivity contribution in [1.29, 1.82) is 0 Å². The quantitative estimate of drug-likeness (QED) is 0.447. The monoisotopic (exact) mass is 230 g/mol. The number of hydrogen-bond acceptors (Lipinski definition) is 3. The Kier molecular flexibility index (Phi) is 10.9. The van der Waals surface area contributed by atoms with Crippen molar-refractivity contribution in [3.8, 4) is 0 Å². The van der Waals surface area contributed by atoms with Gasteiger partial charge in [0.15, 0.2) is 0 Å². The highest BCUT2D eigenvalue weighted by molar-refractivity contribution is 4.82. The first-order chi connectivity index (χ1) is 7.70. The molecular weight excluding hydrogens is 204 g/mol. The maximum atomic E-state index is 9.05. The fourth-order valence-electron chi connectivity index (χ4n) is 1.57. The van der Waals surface area contributed by atoms with Gasteiger partial charge in [-0.25, -0.2) is 0 Å². The number of ether oxygens (including phenoxy) is 1. The minimum atomic E-state index is -0.184. The summed E-state index contributed by atoms with van der Waals surface area (Å²) in [4.78, 5) is 0. The molecule has 0 spiro atoms. The molecule has 0 radical (unpaired) electrons. The molecule has 96 valence electrons. The van der Waals surface area contributed by atoms with Gasteiger partial charge < -0.3 is 14.9 Å². The van der Waals surface area contributed by atoms with E-state index in [-0.39, 0.29) is 18.8 Å². The zero-order valence-corrected chi connectivity index (χ0v) is 10.6. The summed E-state index contributed by atoms with van der Waals surface area (Å²) < 4.78 is 5.22. The number of hydrogen-bond donors (Lipinski definition) is 2. The van der Waals surface area contributed by atoms with Crippen molar-refractivity contribution in [1.82, 2.24) is 0 Å². The summed E-state index contributed by atoms with van der Waals surface area (Å²) in [5, 5.41) is 17.8. The van der Waals surface area contributed by atoms with Gasteiger partial charge in [0, 0.05) is 13.7 Å². The Morgan fingerprint density at radius 3 is 2.38 bits per heavy atom. The second-order valence-corrected chi connectivity index (χ2v) is 4.20. The summed E-state index contributed by atoms with van der Waals surface area (Å²) in [6.07, 6.45) is 9.92. The SMILES string of the molecule is CO[C@@H](CCO)CC/C=C/CCC[C@@H](C)O. The van der Waals surface area contributed by atoms with Crippen molar-refractivity contribution in [2.24, 2.45) is 0 Å². The van der Waals surface area contributed by atoms with Gasteiger partial charge in [-0.15, -0.1) is 0 Å². The van der Waals surface area contributed by atoms with Crippen LogP contribution in [0, 0.1) is 0 Å². The molecule has 0 heterocycles. The van der Waals surface area contributed by atoms with Gasteiger partial charge in [0.05, 0.1) is 12.2 Å². The molecule has 0 saturated heterocycles. The number of methoxy groups -OCH3 is 1. The van der Waals surface area contributed by atoms with E-state index in [9.17, 15) is 0 Å². The lowest BCUT2D eigenvalue weighted by Crippen LogP contribution is -2.11. The average molecular weight is 230 g/mol. The predicted octanol–water partition coefficient (Wildman–Crippen LogP) is 2.27. The van der Waals surface area contributed by atoms with Crippen molar-refractivity contribution >= 4 is 0 Å². The van der Waals surface area contributed by atoms with Crippen LogP contribution in [0.15, 0.2) is 12.2 Å². The Morgan fingerprint density at radius 1 is 1.12 bits per heavy atom. The molecule has 0 aromatic rings. The summed E-state index contributed by atoms with van der Waals surface area (Å²) in [6.45, 7) is 2.01. The summed E-state index contributed by atoms with van der Waals surface area (Å²) >= 11 is 0. The number of unbranched alkanes of at least 4 members (excludes halogenated alkanes) is 1. The van der Waals surface area contributed by atoms with E-state index in [1.54, 1.807) is 7.11 Å². The molecule has 0 aromatic carbocycles. The van der Waals surface area contributed by atoms with Crippen LogP contribution >= 0.6 is 0 Å². The van der Waals surface area contributed by atoms with Gasteiger partial charge in [-0.2, -0.15) is 0 Å². The molecule has 2 N–H and O–H groups in total. The first-order valence-electron chi connectivity index (χ1n) is 6.17. The fraction of sp³-hybridized carbons (Fsp3) is 0.846. The lowest BCUT2D eigenvalue weighted by Gasteiger charge is -2.11. The van der Waals surface area contributed by atoms with Gasteiger partial charge in [0.1, 0.15) is 0 Å². The zero-order chi connectivity index (χ0) is 12.2. The smallest absolute Gasteiger partial charge is 0.0596 e. The Hall–Kier alpha value is -0.380. The minimum absolute atomic E-state index is 0.173. The van der Waals surface area contributed by atoms with E-state index < -0.39 is 0 Å². The van der Waals surface area contributed by atoms with E-state index in [0.717, 1.165) is 32.1 Å². The van der Waals surface area contributed by atoms with Gasteiger partial charge >= 0.3 is 0 Å². The third-order valence-corrected chi connectivity index (χ3v) is 2.60. The van der Waals surface area contributed by atoms with Crippen molar-refractivity contribution in [2.75, 3.05) is 13.7 Å². The zero-order valence-electron chi connectivity index (χ0n) is 10.6. The normalized spacial score (nSPS) is 15.5. The minimum Gasteiger partial charge on any atom is -0.396 e. The van der Waals surface area contributed by atoms with Crippen LogP contribution in [0.1, 0.15) is 45.4 Å². The van der Waals surface area contributed by atoms with Crippen molar-refractivity contribution in [3.63, 3.8) is 0 Å². The van der Waals surface area contributed by atoms with Crippen LogP contribution in [0.2, 0.25) is 0 Å². The Morgan fingerprint density at radius 2 is 1.81 bits per heavy atom. The Bertz CT molecular complexity index is 167. The topological polar surface area (TPSA) is 49.7 Å². The molecule has 0 bridgehead atoms. The van der Waals surface area contributed by atoms with Crippen LogP contribution < -0.4 is 0 Å². The molecule has 0 fully saturated rings. The van der Waals surface area contributed by atoms with E-state index in [0.29, 0.717) is 6.42 Å². The molecule has 0 unspecified atom stereocenters. The van der Waals surface area contributed by atoms with E-state index in [1.165, 1.54) is 0 Å². The molecule has 0 aliphatic carbocycles. The van der Waals surface area contributed by atoms with Crippen LogP contribution in [-0.4, -0.2) is 36.1 Å². The number of aliphatic hydroxyl groups is 2. The molecular formula is C13H26O3. The largest absolute Gasteiger partial charge is 0.396 e. The standard InChI is InChI=1S/C13H26O3/c1-12(15)8-6-4-3-5-7-9-13(16-2)10-11-14/h3,5,12-15H,4,6-11H2,1-2H3/b5-3+/t12-,13-/m1/s1. The predicted molar refractivity (Wildman–Crippen MR) is 66.4 cm³/mol. The molecule has 3 nitrogen and oxygen atoms in total. The van der Waals surface area contributed by atoms with E-state index in [2.05, 4.69) is 12.2 Å². The van der Waals surface area contributed by atoms with Gasteiger partial charge in [-0.05, 0) is 45.4 Å². The maximum Gasteiger partial charge on any atom is 0.0596 e. The highest BCUT2D eigenvalue weighted by Crippen LogP contribution is 2.07. The van der Waals surface area contributed by atoms with Crippen LogP contribution in [-0.2, 0) is 4.74 Å². The van der Waals surface area contributed by atoms with E-state index in [1.807, 2.05) is 6.92 Å². The van der Waals surface area contributed by atoms with Crippen molar-refractivity contribution in [3.05, 3.63) is 12.2 Å². The first kappa shape index (κ1) is 15.6. The molecule has 0 saturated carbocycles. The van der Waals surface area contributed by atoms with Crippen LogP contribution in [0.25, 0.3) is 0 Å². The lowest BCUT2D eigenvalue weighted by molar-refractivity contribution is 0.0719. The fourth-order valence-corrected chi connectivity index (χ4v) is 1.57. The van der Waals surface area contributed by atoms with Gasteiger partial charge in [0.2, 0.25) is 0 Å². The third-order valence-electron chi connectivity index (χ3n) is 2.60. The molecule has 0 rings (SSSR count). The average Bonchev–Trinajstić information content (AvgIpc) is 2.26. The van der Waals surface area contributed by atoms with E-state index in [4.69, 9.17) is 14.9 Å². The molecule has 0 aliphatic rings. The van der Waals surface area contributed by atoms with Gasteiger partial charge in [-0.3, -0.25) is 0 Å². The second-order valence-electron chi connectivity index (χ2n) is 4.20. The maximum absolute atomic E-state index is 9.05. The summed E-state index contributed by atoms with van der Waals surface area (Å²) in [5.74, 6) is 0. The van der Waals surface area contributed by atoms with Crippen LogP contribution in [0.5, 0.6) is 0 Å². The van der Waals surface area contributed by atoms with Gasteiger partial charge in [0.25, 0.3) is 0 Å². The van der Waals surface area contributed by atoms with E-state index >= 15 is 0 Å². The highest BCUT2D eigenvalue weighted by Gasteiger charge is 2.03. The summed E-state index contributed by atoms with van der Waals surface area (Å²) in [5.41, 5.74) is 0. The summed E-state index contributed by atoms with van der Waals surface area (Å²) in [7, 11) is 1.69. The molecule has 3 heteroatoms. The van der Waals surface area contributed by atoms with Crippen molar-refractivity contribution in [2.45, 2.75) is 57.7 Å². The molecule has 0 aromatic heterocycles. The number of rotatable bonds is 10. The second kappa shape index (κ2) is 11.1. The highest BCUT2D eigenvalue weighted by atomic mass is 16.5.